The average Bonchev–Trinajstić information content (AvgIpc) is 2.65. The number of unbranched alkanes of at least 4 members (excludes halogenated alkanes) is 5. The number of carbonyl (C=O) groups is 1. The molecule has 90 valence electrons. The van der Waals surface area contributed by atoms with Gasteiger partial charge in [-0.3, -0.25) is 9.48 Å². The number of hydrogen-bond acceptors (Lipinski definition) is 2. The summed E-state index contributed by atoms with van der Waals surface area (Å²) in [6.07, 6.45) is 8.52. The first-order valence-corrected chi connectivity index (χ1v) is 6.27. The van der Waals surface area contributed by atoms with Gasteiger partial charge in [-0.2, -0.15) is 5.10 Å². The summed E-state index contributed by atoms with van der Waals surface area (Å²) in [7, 11) is 0. The molecule has 0 spiro atoms. The van der Waals surface area contributed by atoms with Crippen LogP contribution in [0.1, 0.15) is 61.6 Å². The van der Waals surface area contributed by atoms with Gasteiger partial charge in [-0.25, -0.2) is 0 Å². The van der Waals surface area contributed by atoms with E-state index in [-0.39, 0.29) is 0 Å². The predicted molar refractivity (Wildman–Crippen MR) is 65.7 cm³/mol. The number of nitrogens with zero attached hydrogens (tertiary/aromatic N) is 2. The molecule has 1 rings (SSSR count). The first kappa shape index (κ1) is 12.9. The predicted octanol–water partition coefficient (Wildman–Crippen LogP) is 3.36. The Kier molecular flexibility index (Phi) is 5.83. The summed E-state index contributed by atoms with van der Waals surface area (Å²) in [5.41, 5.74) is 1.62. The number of aromatic nitrogens is 2. The number of aryl methyl sites for hydroxylation is 2. The van der Waals surface area contributed by atoms with Crippen molar-refractivity contribution in [1.29, 1.82) is 0 Å². The zero-order valence-corrected chi connectivity index (χ0v) is 10.4. The largest absolute Gasteiger partial charge is 0.296 e. The van der Waals surface area contributed by atoms with Crippen LogP contribution in [0.4, 0.5) is 0 Å². The Morgan fingerprint density at radius 3 is 2.56 bits per heavy atom. The van der Waals surface area contributed by atoms with Crippen molar-refractivity contribution in [1.82, 2.24) is 9.78 Å². The van der Waals surface area contributed by atoms with Crippen LogP contribution in [0.5, 0.6) is 0 Å². The molecule has 0 atom stereocenters. The van der Waals surface area contributed by atoms with Crippen LogP contribution in [0.25, 0.3) is 0 Å². The maximum absolute atomic E-state index is 10.5. The summed E-state index contributed by atoms with van der Waals surface area (Å²) in [5.74, 6) is 0. The van der Waals surface area contributed by atoms with Crippen LogP contribution in [-0.2, 0) is 6.54 Å². The summed E-state index contributed by atoms with van der Waals surface area (Å²) >= 11 is 0. The van der Waals surface area contributed by atoms with E-state index < -0.39 is 0 Å². The third-order valence-electron chi connectivity index (χ3n) is 2.84. The SMILES string of the molecule is CCCCCCCCn1nc(C=O)cc1C. The normalized spacial score (nSPS) is 10.6. The van der Waals surface area contributed by atoms with Gasteiger partial charge in [0.15, 0.2) is 6.29 Å². The van der Waals surface area contributed by atoms with E-state index in [9.17, 15) is 4.79 Å². The molecule has 0 N–H and O–H groups in total. The third-order valence-corrected chi connectivity index (χ3v) is 2.84. The molecule has 16 heavy (non-hydrogen) atoms. The summed E-state index contributed by atoms with van der Waals surface area (Å²) in [6.45, 7) is 5.16. The third kappa shape index (κ3) is 4.17. The molecule has 0 aliphatic carbocycles. The van der Waals surface area contributed by atoms with Gasteiger partial charge in [0.1, 0.15) is 5.69 Å². The minimum Gasteiger partial charge on any atom is -0.296 e. The van der Waals surface area contributed by atoms with Crippen molar-refractivity contribution in [2.24, 2.45) is 0 Å². The first-order chi connectivity index (χ1) is 7.77. The van der Waals surface area contributed by atoms with Gasteiger partial charge in [-0.1, -0.05) is 39.0 Å². The van der Waals surface area contributed by atoms with Crippen molar-refractivity contribution in [3.8, 4) is 0 Å². The van der Waals surface area contributed by atoms with Crippen LogP contribution in [0, 0.1) is 6.92 Å². The van der Waals surface area contributed by atoms with E-state index in [1.165, 1.54) is 32.1 Å². The second-order valence-electron chi connectivity index (χ2n) is 4.32. The molecule has 0 unspecified atom stereocenters. The molecular formula is C13H22N2O. The van der Waals surface area contributed by atoms with E-state index in [0.717, 1.165) is 24.9 Å². The molecule has 0 aromatic carbocycles. The Balaban J connectivity index is 2.21. The second-order valence-corrected chi connectivity index (χ2v) is 4.32. The van der Waals surface area contributed by atoms with Crippen LogP contribution in [0.15, 0.2) is 6.07 Å². The molecule has 0 radical (unpaired) electrons. The summed E-state index contributed by atoms with van der Waals surface area (Å²) < 4.78 is 1.93. The van der Waals surface area contributed by atoms with E-state index in [2.05, 4.69) is 12.0 Å². The lowest BCUT2D eigenvalue weighted by molar-refractivity contribution is 0.111. The van der Waals surface area contributed by atoms with Crippen molar-refractivity contribution in [3.05, 3.63) is 17.5 Å². The Morgan fingerprint density at radius 2 is 1.94 bits per heavy atom. The zero-order chi connectivity index (χ0) is 11.8. The number of carbonyl (C=O) groups excluding carboxylic acids is 1. The fraction of sp³-hybridized carbons (Fsp3) is 0.692. The van der Waals surface area contributed by atoms with Gasteiger partial charge in [0.05, 0.1) is 0 Å². The average molecular weight is 222 g/mol. The Hall–Kier alpha value is -1.12. The molecule has 3 heteroatoms. The van der Waals surface area contributed by atoms with Gasteiger partial charge in [-0.15, -0.1) is 0 Å². The lowest BCUT2D eigenvalue weighted by Gasteiger charge is -2.03. The Bertz CT molecular complexity index is 318. The maximum Gasteiger partial charge on any atom is 0.170 e. The van der Waals surface area contributed by atoms with E-state index in [0.29, 0.717) is 5.69 Å². The molecule has 0 saturated carbocycles. The van der Waals surface area contributed by atoms with E-state index in [1.807, 2.05) is 17.7 Å². The molecule has 3 nitrogen and oxygen atoms in total. The van der Waals surface area contributed by atoms with E-state index >= 15 is 0 Å². The minimum absolute atomic E-state index is 0.545. The summed E-state index contributed by atoms with van der Waals surface area (Å²) in [4.78, 5) is 10.5. The topological polar surface area (TPSA) is 34.9 Å². The Morgan fingerprint density at radius 1 is 1.25 bits per heavy atom. The van der Waals surface area contributed by atoms with Crippen LogP contribution in [0.3, 0.4) is 0 Å². The number of aldehydes is 1. The highest BCUT2D eigenvalue weighted by atomic mass is 16.1. The van der Waals surface area contributed by atoms with Gasteiger partial charge in [-0.05, 0) is 19.4 Å². The highest BCUT2D eigenvalue weighted by Crippen LogP contribution is 2.08. The maximum atomic E-state index is 10.5. The smallest absolute Gasteiger partial charge is 0.170 e. The molecule has 0 amide bonds. The van der Waals surface area contributed by atoms with E-state index in [4.69, 9.17) is 0 Å². The fourth-order valence-electron chi connectivity index (χ4n) is 1.86. The zero-order valence-electron chi connectivity index (χ0n) is 10.4. The molecule has 1 heterocycles. The van der Waals surface area contributed by atoms with Crippen molar-refractivity contribution in [2.75, 3.05) is 0 Å². The molecule has 1 aromatic rings. The van der Waals surface area contributed by atoms with Gasteiger partial charge >= 0.3 is 0 Å². The Labute approximate surface area is 97.8 Å². The van der Waals surface area contributed by atoms with Gasteiger partial charge in [0.25, 0.3) is 0 Å². The van der Waals surface area contributed by atoms with Crippen molar-refractivity contribution in [2.45, 2.75) is 58.9 Å². The monoisotopic (exact) mass is 222 g/mol. The minimum atomic E-state index is 0.545. The molecule has 0 fully saturated rings. The molecule has 0 aliphatic heterocycles. The van der Waals surface area contributed by atoms with Crippen molar-refractivity contribution < 1.29 is 4.79 Å². The molecule has 0 aliphatic rings. The molecule has 1 aromatic heterocycles. The quantitative estimate of drug-likeness (QED) is 0.499. The van der Waals surface area contributed by atoms with Crippen LogP contribution in [-0.4, -0.2) is 16.1 Å². The van der Waals surface area contributed by atoms with Crippen LogP contribution >= 0.6 is 0 Å². The highest BCUT2D eigenvalue weighted by molar-refractivity contribution is 5.71. The second kappa shape index (κ2) is 7.20. The lowest BCUT2D eigenvalue weighted by atomic mass is 10.1. The summed E-state index contributed by atoms with van der Waals surface area (Å²) in [6, 6.07) is 1.84. The lowest BCUT2D eigenvalue weighted by Crippen LogP contribution is -2.02. The number of rotatable bonds is 8. The number of hydrogen-bond donors (Lipinski definition) is 0. The van der Waals surface area contributed by atoms with Gasteiger partial charge < -0.3 is 0 Å². The van der Waals surface area contributed by atoms with E-state index in [1.54, 1.807) is 0 Å². The summed E-state index contributed by atoms with van der Waals surface area (Å²) in [5, 5.41) is 4.21. The van der Waals surface area contributed by atoms with Crippen LogP contribution in [0.2, 0.25) is 0 Å². The molecule has 0 bridgehead atoms. The first-order valence-electron chi connectivity index (χ1n) is 6.27. The fourth-order valence-corrected chi connectivity index (χ4v) is 1.86. The molecular weight excluding hydrogens is 200 g/mol. The van der Waals surface area contributed by atoms with Crippen molar-refractivity contribution in [3.63, 3.8) is 0 Å². The van der Waals surface area contributed by atoms with Gasteiger partial charge in [0, 0.05) is 12.2 Å². The van der Waals surface area contributed by atoms with Gasteiger partial charge in [0.2, 0.25) is 0 Å². The van der Waals surface area contributed by atoms with Crippen LogP contribution < -0.4 is 0 Å². The highest BCUT2D eigenvalue weighted by Gasteiger charge is 2.02. The standard InChI is InChI=1S/C13H22N2O/c1-3-4-5-6-7-8-9-15-12(2)10-13(11-16)14-15/h10-11H,3-9H2,1-2H3. The molecule has 0 saturated heterocycles. The van der Waals surface area contributed by atoms with Crippen molar-refractivity contribution >= 4 is 6.29 Å².